The average Bonchev–Trinajstić information content (AvgIpc) is 2.90. The predicted octanol–water partition coefficient (Wildman–Crippen LogP) is 6.45. The maximum absolute atomic E-state index is 11.0. The van der Waals surface area contributed by atoms with Crippen molar-refractivity contribution in [3.05, 3.63) is 112 Å². The number of hydrogen-bond donors (Lipinski definition) is 2. The van der Waals surface area contributed by atoms with Gasteiger partial charge in [0, 0.05) is 42.8 Å². The molecule has 3 N–H and O–H groups in total. The number of benzene rings is 3. The molecule has 1 aliphatic heterocycles. The van der Waals surface area contributed by atoms with E-state index >= 15 is 0 Å². The Balaban J connectivity index is 1.82. The Morgan fingerprint density at radius 2 is 1.78 bits per heavy atom. The van der Waals surface area contributed by atoms with Gasteiger partial charge in [-0.3, -0.25) is 4.99 Å². The first-order chi connectivity index (χ1) is 17.8. The minimum Gasteiger partial charge on any atom is -0.478 e. The average molecular weight is 494 g/mol. The zero-order valence-corrected chi connectivity index (χ0v) is 21.9. The molecule has 2 unspecified atom stereocenters. The van der Waals surface area contributed by atoms with E-state index in [2.05, 4.69) is 85.3 Å². The standard InChI is InChI=1S/C32H35N3O2/c1-21(2)24-10-13-29(14-11-24)35-22(3)17-27-18-26(28(19-33)20-34-4)12-15-30(27)32(35)25-8-5-23(6-9-25)7-16-31(36)37/h5-16,18-22,32H,17,33H2,1-4H3,(H,36,37)/b16-7+,28-19?,34-20?. The predicted molar refractivity (Wildman–Crippen MR) is 154 cm³/mol. The maximum atomic E-state index is 11.0. The van der Waals surface area contributed by atoms with Crippen LogP contribution in [0.25, 0.3) is 11.6 Å². The number of aliphatic carboxylic acids is 1. The van der Waals surface area contributed by atoms with E-state index in [4.69, 9.17) is 10.8 Å². The number of rotatable bonds is 7. The van der Waals surface area contributed by atoms with E-state index in [9.17, 15) is 4.79 Å². The van der Waals surface area contributed by atoms with Gasteiger partial charge in [-0.05, 0) is 70.9 Å². The Kier molecular flexibility index (Phi) is 7.92. The van der Waals surface area contributed by atoms with Crippen LogP contribution < -0.4 is 10.6 Å². The largest absolute Gasteiger partial charge is 0.478 e. The molecule has 0 amide bonds. The van der Waals surface area contributed by atoms with Crippen LogP contribution in [-0.2, 0) is 11.2 Å². The fraction of sp³-hybridized carbons (Fsp3) is 0.250. The normalized spacial score (nSPS) is 18.1. The molecule has 3 aromatic carbocycles. The first-order valence-corrected chi connectivity index (χ1v) is 12.7. The highest BCUT2D eigenvalue weighted by Crippen LogP contribution is 2.42. The van der Waals surface area contributed by atoms with E-state index in [0.717, 1.165) is 28.7 Å². The van der Waals surface area contributed by atoms with Gasteiger partial charge in [0.2, 0.25) is 0 Å². The fourth-order valence-electron chi connectivity index (χ4n) is 5.13. The molecule has 0 radical (unpaired) electrons. The summed E-state index contributed by atoms with van der Waals surface area (Å²) in [6, 6.07) is 23.9. The Hall–Kier alpha value is -4.12. The first-order valence-electron chi connectivity index (χ1n) is 12.7. The Morgan fingerprint density at radius 1 is 1.08 bits per heavy atom. The summed E-state index contributed by atoms with van der Waals surface area (Å²) in [5.74, 6) is -0.476. The molecule has 3 aromatic rings. The number of nitrogens with zero attached hydrogens (tertiary/aromatic N) is 2. The van der Waals surface area contributed by atoms with E-state index in [0.29, 0.717) is 5.92 Å². The fourth-order valence-corrected chi connectivity index (χ4v) is 5.13. The zero-order chi connectivity index (χ0) is 26.5. The van der Waals surface area contributed by atoms with Crippen LogP contribution in [0.1, 0.15) is 66.1 Å². The molecule has 1 aliphatic rings. The number of fused-ring (bicyclic) bond motifs is 1. The third kappa shape index (κ3) is 5.67. The topological polar surface area (TPSA) is 78.9 Å². The van der Waals surface area contributed by atoms with Crippen LogP contribution in [0.2, 0.25) is 0 Å². The summed E-state index contributed by atoms with van der Waals surface area (Å²) in [6.07, 6.45) is 7.08. The summed E-state index contributed by atoms with van der Waals surface area (Å²) < 4.78 is 0. The summed E-state index contributed by atoms with van der Waals surface area (Å²) in [7, 11) is 1.75. The molecule has 0 aromatic heterocycles. The molecule has 0 bridgehead atoms. The quantitative estimate of drug-likeness (QED) is 0.293. The van der Waals surface area contributed by atoms with E-state index in [1.165, 1.54) is 28.5 Å². The number of hydrogen-bond acceptors (Lipinski definition) is 4. The van der Waals surface area contributed by atoms with Gasteiger partial charge in [0.05, 0.1) is 6.04 Å². The van der Waals surface area contributed by atoms with Gasteiger partial charge in [0.15, 0.2) is 0 Å². The second-order valence-corrected chi connectivity index (χ2v) is 9.87. The molecule has 5 heteroatoms. The lowest BCUT2D eigenvalue weighted by molar-refractivity contribution is -0.131. The number of allylic oxidation sites excluding steroid dienone is 1. The Bertz CT molecular complexity index is 1340. The second-order valence-electron chi connectivity index (χ2n) is 9.87. The van der Waals surface area contributed by atoms with Gasteiger partial charge in [-0.2, -0.15) is 0 Å². The van der Waals surface area contributed by atoms with Crippen molar-refractivity contribution in [2.24, 2.45) is 10.7 Å². The molecule has 0 aliphatic carbocycles. The highest BCUT2D eigenvalue weighted by molar-refractivity contribution is 6.09. The molecule has 2 atom stereocenters. The van der Waals surface area contributed by atoms with Gasteiger partial charge in [-0.25, -0.2) is 4.79 Å². The van der Waals surface area contributed by atoms with E-state index in [1.807, 2.05) is 12.1 Å². The third-order valence-corrected chi connectivity index (χ3v) is 7.02. The molecule has 0 saturated heterocycles. The number of anilines is 1. The summed E-state index contributed by atoms with van der Waals surface area (Å²) in [4.78, 5) is 17.6. The van der Waals surface area contributed by atoms with Crippen LogP contribution in [0.15, 0.2) is 84.0 Å². The number of carboxylic acids is 1. The Morgan fingerprint density at radius 3 is 2.38 bits per heavy atom. The van der Waals surface area contributed by atoms with Crippen molar-refractivity contribution < 1.29 is 9.90 Å². The van der Waals surface area contributed by atoms with Crippen molar-refractivity contribution in [1.29, 1.82) is 0 Å². The molecule has 0 spiro atoms. The number of nitrogens with two attached hydrogens (primary N) is 1. The highest BCUT2D eigenvalue weighted by atomic mass is 16.4. The summed E-state index contributed by atoms with van der Waals surface area (Å²) in [6.45, 7) is 6.70. The van der Waals surface area contributed by atoms with Gasteiger partial charge < -0.3 is 15.7 Å². The van der Waals surface area contributed by atoms with Gasteiger partial charge >= 0.3 is 5.97 Å². The molecule has 190 valence electrons. The molecule has 5 nitrogen and oxygen atoms in total. The van der Waals surface area contributed by atoms with Crippen LogP contribution in [0.5, 0.6) is 0 Å². The monoisotopic (exact) mass is 493 g/mol. The molecule has 1 heterocycles. The minimum atomic E-state index is -0.954. The maximum Gasteiger partial charge on any atom is 0.328 e. The van der Waals surface area contributed by atoms with Crippen molar-refractivity contribution in [3.8, 4) is 0 Å². The van der Waals surface area contributed by atoms with Crippen molar-refractivity contribution in [1.82, 2.24) is 0 Å². The van der Waals surface area contributed by atoms with E-state index < -0.39 is 5.97 Å². The smallest absolute Gasteiger partial charge is 0.328 e. The van der Waals surface area contributed by atoms with Gasteiger partial charge in [0.25, 0.3) is 0 Å². The van der Waals surface area contributed by atoms with Crippen molar-refractivity contribution in [2.75, 3.05) is 11.9 Å². The minimum absolute atomic E-state index is 0.0142. The van der Waals surface area contributed by atoms with E-state index in [-0.39, 0.29) is 12.1 Å². The van der Waals surface area contributed by atoms with Crippen LogP contribution in [-0.4, -0.2) is 30.4 Å². The summed E-state index contributed by atoms with van der Waals surface area (Å²) in [5, 5.41) is 8.99. The molecule has 4 rings (SSSR count). The molecular formula is C32H35N3O2. The van der Waals surface area contributed by atoms with Crippen LogP contribution >= 0.6 is 0 Å². The second kappa shape index (κ2) is 11.3. The zero-order valence-electron chi connectivity index (χ0n) is 21.9. The summed E-state index contributed by atoms with van der Waals surface area (Å²) >= 11 is 0. The lowest BCUT2D eigenvalue weighted by atomic mass is 9.83. The van der Waals surface area contributed by atoms with Crippen LogP contribution in [0.3, 0.4) is 0 Å². The lowest BCUT2D eigenvalue weighted by Crippen LogP contribution is -2.43. The van der Waals surface area contributed by atoms with Crippen molar-refractivity contribution >= 4 is 29.5 Å². The number of carbonyl (C=O) groups is 1. The van der Waals surface area contributed by atoms with Crippen molar-refractivity contribution in [2.45, 2.75) is 45.2 Å². The third-order valence-electron chi connectivity index (χ3n) is 7.02. The SMILES string of the molecule is CN=CC(=CN)c1ccc2c(c1)CC(C)N(c1ccc(C(C)C)cc1)C2c1ccc(/C=C/C(=O)O)cc1. The van der Waals surface area contributed by atoms with Gasteiger partial charge in [0.1, 0.15) is 0 Å². The van der Waals surface area contributed by atoms with E-state index in [1.54, 1.807) is 25.5 Å². The molecule has 0 saturated carbocycles. The lowest BCUT2D eigenvalue weighted by Gasteiger charge is -2.44. The molecular weight excluding hydrogens is 458 g/mol. The van der Waals surface area contributed by atoms with Crippen molar-refractivity contribution in [3.63, 3.8) is 0 Å². The van der Waals surface area contributed by atoms with Crippen LogP contribution in [0, 0.1) is 0 Å². The Labute approximate surface area is 219 Å². The number of aliphatic imine (C=N–C) groups is 1. The molecule has 0 fully saturated rings. The number of carboxylic acid groups (broad SMARTS) is 1. The molecule has 37 heavy (non-hydrogen) atoms. The highest BCUT2D eigenvalue weighted by Gasteiger charge is 2.33. The summed E-state index contributed by atoms with van der Waals surface area (Å²) in [5.41, 5.74) is 14.9. The first kappa shape index (κ1) is 26.0. The van der Waals surface area contributed by atoms with Gasteiger partial charge in [-0.1, -0.05) is 68.4 Å². The van der Waals surface area contributed by atoms with Crippen LogP contribution in [0.4, 0.5) is 5.69 Å². The van der Waals surface area contributed by atoms with Gasteiger partial charge in [-0.15, -0.1) is 0 Å².